The van der Waals surface area contributed by atoms with Crippen LogP contribution >= 0.6 is 43.2 Å². The zero-order valence-electron chi connectivity index (χ0n) is 11.5. The summed E-state index contributed by atoms with van der Waals surface area (Å²) in [4.78, 5) is 12.8. The summed E-state index contributed by atoms with van der Waals surface area (Å²) in [5.41, 5.74) is 0.753. The SMILES string of the molecule is CCCCOc1ccc(NC(=O)c2cc(Br)c(Br)s2)cc1. The van der Waals surface area contributed by atoms with E-state index in [1.54, 1.807) is 6.07 Å². The maximum Gasteiger partial charge on any atom is 0.265 e. The van der Waals surface area contributed by atoms with Crippen LogP contribution in [-0.4, -0.2) is 12.5 Å². The summed E-state index contributed by atoms with van der Waals surface area (Å²) in [5.74, 6) is 0.703. The first-order valence-electron chi connectivity index (χ1n) is 6.59. The van der Waals surface area contributed by atoms with Crippen molar-refractivity contribution in [1.82, 2.24) is 0 Å². The normalized spacial score (nSPS) is 10.4. The van der Waals surface area contributed by atoms with E-state index < -0.39 is 0 Å². The number of anilines is 1. The number of halogens is 2. The van der Waals surface area contributed by atoms with Crippen molar-refractivity contribution in [2.45, 2.75) is 19.8 Å². The number of nitrogens with one attached hydrogen (secondary N) is 1. The van der Waals surface area contributed by atoms with E-state index in [0.717, 1.165) is 39.1 Å². The van der Waals surface area contributed by atoms with Crippen LogP contribution in [0.15, 0.2) is 38.6 Å². The summed E-state index contributed by atoms with van der Waals surface area (Å²) < 4.78 is 7.38. The number of amides is 1. The Hall–Kier alpha value is -0.850. The number of carbonyl (C=O) groups is 1. The van der Waals surface area contributed by atoms with Crippen LogP contribution in [0.25, 0.3) is 0 Å². The fourth-order valence-electron chi connectivity index (χ4n) is 1.62. The third-order valence-electron chi connectivity index (χ3n) is 2.75. The highest BCUT2D eigenvalue weighted by Crippen LogP contribution is 2.32. The van der Waals surface area contributed by atoms with Gasteiger partial charge in [0.25, 0.3) is 5.91 Å². The monoisotopic (exact) mass is 431 g/mol. The van der Waals surface area contributed by atoms with E-state index in [1.165, 1.54) is 11.3 Å². The van der Waals surface area contributed by atoms with Gasteiger partial charge in [0.15, 0.2) is 0 Å². The average molecular weight is 433 g/mol. The average Bonchev–Trinajstić information content (AvgIpc) is 2.81. The minimum absolute atomic E-state index is 0.119. The van der Waals surface area contributed by atoms with Crippen LogP contribution in [0.2, 0.25) is 0 Å². The summed E-state index contributed by atoms with van der Waals surface area (Å²) in [6.07, 6.45) is 2.15. The zero-order valence-corrected chi connectivity index (χ0v) is 15.5. The van der Waals surface area contributed by atoms with E-state index >= 15 is 0 Å². The van der Waals surface area contributed by atoms with Crippen LogP contribution in [0.1, 0.15) is 29.4 Å². The number of hydrogen-bond acceptors (Lipinski definition) is 3. The molecule has 1 N–H and O–H groups in total. The molecule has 6 heteroatoms. The lowest BCUT2D eigenvalue weighted by molar-refractivity contribution is 0.103. The highest BCUT2D eigenvalue weighted by molar-refractivity contribution is 9.13. The first-order valence-corrected chi connectivity index (χ1v) is 8.99. The molecule has 0 aliphatic carbocycles. The number of thiophene rings is 1. The summed E-state index contributed by atoms with van der Waals surface area (Å²) in [6.45, 7) is 2.85. The van der Waals surface area contributed by atoms with Crippen molar-refractivity contribution in [1.29, 1.82) is 0 Å². The van der Waals surface area contributed by atoms with Crippen molar-refractivity contribution in [3.8, 4) is 5.75 Å². The highest BCUT2D eigenvalue weighted by atomic mass is 79.9. The van der Waals surface area contributed by atoms with Crippen LogP contribution in [0.5, 0.6) is 5.75 Å². The van der Waals surface area contributed by atoms with Gasteiger partial charge in [-0.3, -0.25) is 4.79 Å². The number of carbonyl (C=O) groups excluding carboxylic acids is 1. The molecule has 0 saturated carbocycles. The van der Waals surface area contributed by atoms with Gasteiger partial charge in [-0.05, 0) is 68.6 Å². The molecule has 3 nitrogen and oxygen atoms in total. The van der Waals surface area contributed by atoms with Gasteiger partial charge in [-0.25, -0.2) is 0 Å². The Balaban J connectivity index is 1.95. The van der Waals surface area contributed by atoms with Crippen molar-refractivity contribution >= 4 is 54.8 Å². The fourth-order valence-corrected chi connectivity index (χ4v) is 3.55. The van der Waals surface area contributed by atoms with Crippen LogP contribution in [0.4, 0.5) is 5.69 Å². The minimum Gasteiger partial charge on any atom is -0.494 e. The number of unbranched alkanes of at least 4 members (excludes halogenated alkanes) is 1. The zero-order chi connectivity index (χ0) is 15.2. The van der Waals surface area contributed by atoms with Crippen molar-refractivity contribution in [2.75, 3.05) is 11.9 Å². The molecule has 0 unspecified atom stereocenters. The molecule has 1 aromatic heterocycles. The van der Waals surface area contributed by atoms with Gasteiger partial charge in [0.2, 0.25) is 0 Å². The second-order valence-electron chi connectivity index (χ2n) is 4.41. The molecular weight excluding hydrogens is 418 g/mol. The van der Waals surface area contributed by atoms with Gasteiger partial charge in [-0.1, -0.05) is 13.3 Å². The van der Waals surface area contributed by atoms with Gasteiger partial charge >= 0.3 is 0 Å². The molecular formula is C15H15Br2NO2S. The van der Waals surface area contributed by atoms with E-state index in [4.69, 9.17) is 4.74 Å². The number of hydrogen-bond donors (Lipinski definition) is 1. The second-order valence-corrected chi connectivity index (χ2v) is 7.64. The Morgan fingerprint density at radius 1 is 1.29 bits per heavy atom. The Labute approximate surface area is 145 Å². The third kappa shape index (κ3) is 4.83. The van der Waals surface area contributed by atoms with Gasteiger partial charge in [0, 0.05) is 10.2 Å². The first kappa shape index (κ1) is 16.5. The molecule has 0 bridgehead atoms. The number of benzene rings is 1. The predicted octanol–water partition coefficient (Wildman–Crippen LogP) is 5.70. The van der Waals surface area contributed by atoms with Gasteiger partial charge in [-0.15, -0.1) is 11.3 Å². The topological polar surface area (TPSA) is 38.3 Å². The summed E-state index contributed by atoms with van der Waals surface area (Å²) in [6, 6.07) is 9.22. The maximum absolute atomic E-state index is 12.1. The van der Waals surface area contributed by atoms with Gasteiger partial charge in [0.05, 0.1) is 15.3 Å². The predicted molar refractivity (Wildman–Crippen MR) is 94.5 cm³/mol. The van der Waals surface area contributed by atoms with Gasteiger partial charge in [0.1, 0.15) is 5.75 Å². The molecule has 0 saturated heterocycles. The van der Waals surface area contributed by atoms with Gasteiger partial charge < -0.3 is 10.1 Å². The second kappa shape index (κ2) is 7.96. The van der Waals surface area contributed by atoms with E-state index in [9.17, 15) is 4.79 Å². The van der Waals surface area contributed by atoms with E-state index in [-0.39, 0.29) is 5.91 Å². The maximum atomic E-state index is 12.1. The molecule has 2 aromatic rings. The fraction of sp³-hybridized carbons (Fsp3) is 0.267. The summed E-state index contributed by atoms with van der Waals surface area (Å²) in [7, 11) is 0. The van der Waals surface area contributed by atoms with E-state index in [2.05, 4.69) is 44.1 Å². The van der Waals surface area contributed by atoms with Crippen LogP contribution in [0.3, 0.4) is 0 Å². The lowest BCUT2D eigenvalue weighted by Crippen LogP contribution is -2.09. The highest BCUT2D eigenvalue weighted by Gasteiger charge is 2.12. The minimum atomic E-state index is -0.119. The van der Waals surface area contributed by atoms with Crippen LogP contribution in [-0.2, 0) is 0 Å². The molecule has 21 heavy (non-hydrogen) atoms. The molecule has 0 aliphatic heterocycles. The van der Waals surface area contributed by atoms with E-state index in [1.807, 2.05) is 24.3 Å². The van der Waals surface area contributed by atoms with Crippen molar-refractivity contribution in [3.05, 3.63) is 43.5 Å². The standard InChI is InChI=1S/C15H15Br2NO2S/c1-2-3-8-20-11-6-4-10(5-7-11)18-15(19)13-9-12(16)14(17)21-13/h4-7,9H,2-3,8H2,1H3,(H,18,19). The molecule has 0 aliphatic rings. The number of rotatable bonds is 6. The molecule has 0 radical (unpaired) electrons. The quantitative estimate of drug-likeness (QED) is 0.594. The molecule has 0 fully saturated rings. The largest absolute Gasteiger partial charge is 0.494 e. The van der Waals surface area contributed by atoms with Crippen molar-refractivity contribution in [3.63, 3.8) is 0 Å². The molecule has 0 atom stereocenters. The molecule has 0 spiro atoms. The first-order chi connectivity index (χ1) is 10.1. The summed E-state index contributed by atoms with van der Waals surface area (Å²) in [5, 5.41) is 2.87. The van der Waals surface area contributed by atoms with Gasteiger partial charge in [-0.2, -0.15) is 0 Å². The van der Waals surface area contributed by atoms with Crippen molar-refractivity contribution in [2.24, 2.45) is 0 Å². The summed E-state index contributed by atoms with van der Waals surface area (Å²) >= 11 is 8.15. The van der Waals surface area contributed by atoms with Crippen LogP contribution in [0, 0.1) is 0 Å². The Morgan fingerprint density at radius 2 is 2.00 bits per heavy atom. The molecule has 1 heterocycles. The molecule has 1 aromatic carbocycles. The molecule has 1 amide bonds. The van der Waals surface area contributed by atoms with Crippen LogP contribution < -0.4 is 10.1 Å². The Kier molecular flexibility index (Phi) is 6.26. The molecule has 112 valence electrons. The lowest BCUT2D eigenvalue weighted by Gasteiger charge is -2.07. The lowest BCUT2D eigenvalue weighted by atomic mass is 10.3. The smallest absolute Gasteiger partial charge is 0.265 e. The molecule has 2 rings (SSSR count). The third-order valence-corrected chi connectivity index (χ3v) is 6.00. The number of ether oxygens (including phenoxy) is 1. The van der Waals surface area contributed by atoms with E-state index in [0.29, 0.717) is 4.88 Å². The Bertz CT molecular complexity index is 591. The Morgan fingerprint density at radius 3 is 2.57 bits per heavy atom. The van der Waals surface area contributed by atoms with Crippen molar-refractivity contribution < 1.29 is 9.53 Å².